The third-order valence-electron chi connectivity index (χ3n) is 3.76. The number of carbonyl (C=O) groups excluding carboxylic acids is 2. The van der Waals surface area contributed by atoms with Crippen molar-refractivity contribution in [1.82, 2.24) is 10.3 Å². The molecular formula is C17H24N2O3. The zero-order valence-electron chi connectivity index (χ0n) is 13.5. The van der Waals surface area contributed by atoms with Gasteiger partial charge < -0.3 is 10.1 Å². The summed E-state index contributed by atoms with van der Waals surface area (Å²) >= 11 is 0. The molecule has 120 valence electrons. The summed E-state index contributed by atoms with van der Waals surface area (Å²) in [6.07, 6.45) is 6.08. The predicted octanol–water partition coefficient (Wildman–Crippen LogP) is 3.35. The van der Waals surface area contributed by atoms with Crippen molar-refractivity contribution in [1.29, 1.82) is 0 Å². The minimum absolute atomic E-state index is 0.0286. The minimum atomic E-state index is -0.489. The maximum Gasteiger partial charge on any atom is 0.407 e. The first-order chi connectivity index (χ1) is 10.3. The van der Waals surface area contributed by atoms with E-state index in [-0.39, 0.29) is 23.8 Å². The smallest absolute Gasteiger partial charge is 0.407 e. The van der Waals surface area contributed by atoms with Gasteiger partial charge >= 0.3 is 6.09 Å². The molecule has 1 aliphatic carbocycles. The van der Waals surface area contributed by atoms with E-state index in [4.69, 9.17) is 4.74 Å². The summed E-state index contributed by atoms with van der Waals surface area (Å²) in [5, 5.41) is 2.89. The number of hydrogen-bond donors (Lipinski definition) is 1. The molecule has 0 aliphatic heterocycles. The molecule has 1 amide bonds. The number of carbonyl (C=O) groups is 2. The average molecular weight is 304 g/mol. The van der Waals surface area contributed by atoms with Crippen LogP contribution in [0.25, 0.3) is 0 Å². The highest BCUT2D eigenvalue weighted by atomic mass is 16.6. The van der Waals surface area contributed by atoms with Crippen molar-refractivity contribution >= 4 is 11.9 Å². The minimum Gasteiger partial charge on any atom is -0.444 e. The third-order valence-corrected chi connectivity index (χ3v) is 3.76. The van der Waals surface area contributed by atoms with Crippen LogP contribution < -0.4 is 5.32 Å². The lowest BCUT2D eigenvalue weighted by Gasteiger charge is -2.29. The van der Waals surface area contributed by atoms with Gasteiger partial charge in [-0.2, -0.15) is 0 Å². The van der Waals surface area contributed by atoms with Crippen molar-refractivity contribution in [2.24, 2.45) is 5.92 Å². The van der Waals surface area contributed by atoms with E-state index in [2.05, 4.69) is 10.3 Å². The Labute approximate surface area is 131 Å². The van der Waals surface area contributed by atoms with Gasteiger partial charge in [-0.25, -0.2) is 4.79 Å². The molecular weight excluding hydrogens is 280 g/mol. The standard InChI is InChI=1S/C17H24N2O3/c1-17(2,3)22-16(21)19-14-8-6-12(7-9-14)15(20)13-5-4-10-18-11-13/h4-5,10-12,14H,6-9H2,1-3H3,(H,19,21). The van der Waals surface area contributed by atoms with Crippen LogP contribution >= 0.6 is 0 Å². The van der Waals surface area contributed by atoms with Crippen LogP contribution in [-0.4, -0.2) is 28.5 Å². The summed E-state index contributed by atoms with van der Waals surface area (Å²) in [7, 11) is 0. The highest BCUT2D eigenvalue weighted by molar-refractivity contribution is 5.97. The quantitative estimate of drug-likeness (QED) is 0.870. The van der Waals surface area contributed by atoms with E-state index in [1.807, 2.05) is 20.8 Å². The summed E-state index contributed by atoms with van der Waals surface area (Å²) < 4.78 is 5.26. The summed E-state index contributed by atoms with van der Waals surface area (Å²) in [5.41, 5.74) is 0.184. The largest absolute Gasteiger partial charge is 0.444 e. The van der Waals surface area contributed by atoms with Crippen molar-refractivity contribution in [3.8, 4) is 0 Å². The van der Waals surface area contributed by atoms with Gasteiger partial charge in [0.05, 0.1) is 0 Å². The van der Waals surface area contributed by atoms with E-state index in [1.54, 1.807) is 24.5 Å². The lowest BCUT2D eigenvalue weighted by atomic mass is 9.82. The number of pyridine rings is 1. The molecule has 0 bridgehead atoms. The fourth-order valence-corrected chi connectivity index (χ4v) is 2.72. The molecule has 2 rings (SSSR count). The first-order valence-corrected chi connectivity index (χ1v) is 7.79. The molecule has 1 aromatic heterocycles. The van der Waals surface area contributed by atoms with Gasteiger partial charge in [-0.1, -0.05) is 0 Å². The summed E-state index contributed by atoms with van der Waals surface area (Å²) in [5.74, 6) is 0.185. The van der Waals surface area contributed by atoms with E-state index < -0.39 is 5.60 Å². The number of Topliss-reactive ketones (excluding diaryl/α,β-unsaturated/α-hetero) is 1. The second-order valence-electron chi connectivity index (χ2n) is 6.80. The van der Waals surface area contributed by atoms with Crippen LogP contribution in [-0.2, 0) is 4.74 Å². The van der Waals surface area contributed by atoms with E-state index >= 15 is 0 Å². The predicted molar refractivity (Wildman–Crippen MR) is 83.7 cm³/mol. The number of aromatic nitrogens is 1. The molecule has 0 radical (unpaired) electrons. The van der Waals surface area contributed by atoms with Crippen LogP contribution in [0.5, 0.6) is 0 Å². The normalized spacial score (nSPS) is 22.0. The molecule has 1 aliphatic rings. The van der Waals surface area contributed by atoms with Crippen molar-refractivity contribution in [2.45, 2.75) is 58.1 Å². The van der Waals surface area contributed by atoms with Crippen molar-refractivity contribution in [3.05, 3.63) is 30.1 Å². The highest BCUT2D eigenvalue weighted by Crippen LogP contribution is 2.27. The van der Waals surface area contributed by atoms with Gasteiger partial charge in [0.2, 0.25) is 0 Å². The number of hydrogen-bond acceptors (Lipinski definition) is 4. The van der Waals surface area contributed by atoms with E-state index in [9.17, 15) is 9.59 Å². The zero-order chi connectivity index (χ0) is 16.2. The van der Waals surface area contributed by atoms with E-state index in [0.29, 0.717) is 5.56 Å². The first kappa shape index (κ1) is 16.5. The topological polar surface area (TPSA) is 68.3 Å². The Morgan fingerprint density at radius 3 is 2.45 bits per heavy atom. The number of amides is 1. The van der Waals surface area contributed by atoms with Crippen LogP contribution in [0.1, 0.15) is 56.8 Å². The molecule has 5 heteroatoms. The number of nitrogens with one attached hydrogen (secondary N) is 1. The molecule has 0 saturated heterocycles. The van der Waals surface area contributed by atoms with Crippen LogP contribution in [0.15, 0.2) is 24.5 Å². The summed E-state index contributed by atoms with van der Waals surface area (Å²) in [6, 6.07) is 3.68. The Balaban J connectivity index is 1.81. The molecule has 1 fully saturated rings. The fraction of sp³-hybridized carbons (Fsp3) is 0.588. The van der Waals surface area contributed by atoms with Crippen LogP contribution in [0.4, 0.5) is 4.79 Å². The Hall–Kier alpha value is -1.91. The number of rotatable bonds is 3. The number of ketones is 1. The third kappa shape index (κ3) is 4.83. The Morgan fingerprint density at radius 1 is 1.23 bits per heavy atom. The maximum atomic E-state index is 12.4. The van der Waals surface area contributed by atoms with Gasteiger partial charge in [-0.05, 0) is 58.6 Å². The zero-order valence-corrected chi connectivity index (χ0v) is 13.5. The molecule has 22 heavy (non-hydrogen) atoms. The van der Waals surface area contributed by atoms with Crippen molar-refractivity contribution in [3.63, 3.8) is 0 Å². The summed E-state index contributed by atoms with van der Waals surface area (Å²) in [6.45, 7) is 5.53. The average Bonchev–Trinajstić information content (AvgIpc) is 2.46. The summed E-state index contributed by atoms with van der Waals surface area (Å²) in [4.78, 5) is 28.1. The molecule has 0 atom stereocenters. The Morgan fingerprint density at radius 2 is 1.91 bits per heavy atom. The van der Waals surface area contributed by atoms with E-state index in [1.165, 1.54) is 0 Å². The van der Waals surface area contributed by atoms with Gasteiger partial charge in [0.1, 0.15) is 5.60 Å². The Bertz CT molecular complexity index is 514. The number of ether oxygens (including phenoxy) is 1. The van der Waals surface area contributed by atoms with Gasteiger partial charge in [-0.15, -0.1) is 0 Å². The number of nitrogens with zero attached hydrogens (tertiary/aromatic N) is 1. The van der Waals surface area contributed by atoms with Gasteiger partial charge in [0.15, 0.2) is 5.78 Å². The van der Waals surface area contributed by atoms with E-state index in [0.717, 1.165) is 25.7 Å². The van der Waals surface area contributed by atoms with Crippen LogP contribution in [0, 0.1) is 5.92 Å². The maximum absolute atomic E-state index is 12.4. The lowest BCUT2D eigenvalue weighted by Crippen LogP contribution is -2.41. The van der Waals surface area contributed by atoms with Crippen LogP contribution in [0.2, 0.25) is 0 Å². The molecule has 1 aromatic rings. The van der Waals surface area contributed by atoms with Crippen LogP contribution in [0.3, 0.4) is 0 Å². The monoisotopic (exact) mass is 304 g/mol. The SMILES string of the molecule is CC(C)(C)OC(=O)NC1CCC(C(=O)c2cccnc2)CC1. The number of alkyl carbamates (subject to hydrolysis) is 1. The second kappa shape index (κ2) is 6.90. The first-order valence-electron chi connectivity index (χ1n) is 7.79. The molecule has 1 N–H and O–H groups in total. The second-order valence-corrected chi connectivity index (χ2v) is 6.80. The van der Waals surface area contributed by atoms with Crippen molar-refractivity contribution < 1.29 is 14.3 Å². The molecule has 1 heterocycles. The molecule has 0 unspecified atom stereocenters. The fourth-order valence-electron chi connectivity index (χ4n) is 2.72. The Kier molecular flexibility index (Phi) is 5.16. The van der Waals surface area contributed by atoms with Crippen molar-refractivity contribution in [2.75, 3.05) is 0 Å². The molecule has 5 nitrogen and oxygen atoms in total. The van der Waals surface area contributed by atoms with Gasteiger partial charge in [0.25, 0.3) is 0 Å². The molecule has 1 saturated carbocycles. The van der Waals surface area contributed by atoms with Gasteiger partial charge in [-0.3, -0.25) is 9.78 Å². The van der Waals surface area contributed by atoms with Gasteiger partial charge in [0, 0.05) is 29.9 Å². The lowest BCUT2D eigenvalue weighted by molar-refractivity contribution is 0.0487. The molecule has 0 spiro atoms. The highest BCUT2D eigenvalue weighted by Gasteiger charge is 2.28. The molecule has 0 aromatic carbocycles.